The van der Waals surface area contributed by atoms with Gasteiger partial charge in [0, 0.05) is 32.1 Å². The summed E-state index contributed by atoms with van der Waals surface area (Å²) < 4.78 is 26.8. The number of anilines is 1. The highest BCUT2D eigenvalue weighted by molar-refractivity contribution is 5.92. The molecule has 2 amide bonds. The highest BCUT2D eigenvalue weighted by Gasteiger charge is 2.14. The van der Waals surface area contributed by atoms with Gasteiger partial charge in [0.25, 0.3) is 0 Å². The summed E-state index contributed by atoms with van der Waals surface area (Å²) in [6, 6.07) is 12.1. The van der Waals surface area contributed by atoms with Crippen LogP contribution in [0.2, 0.25) is 0 Å². The lowest BCUT2D eigenvalue weighted by molar-refractivity contribution is -0.121. The summed E-state index contributed by atoms with van der Waals surface area (Å²) in [5, 5.41) is 2.70. The Labute approximate surface area is 145 Å². The van der Waals surface area contributed by atoms with E-state index < -0.39 is 5.82 Å². The molecule has 0 aromatic heterocycles. The lowest BCUT2D eigenvalue weighted by Crippen LogP contribution is -2.34. The van der Waals surface area contributed by atoms with Crippen molar-refractivity contribution in [3.8, 4) is 0 Å². The van der Waals surface area contributed by atoms with E-state index in [1.54, 1.807) is 24.3 Å². The van der Waals surface area contributed by atoms with Gasteiger partial charge < -0.3 is 10.2 Å². The van der Waals surface area contributed by atoms with Crippen molar-refractivity contribution >= 4 is 17.5 Å². The predicted molar refractivity (Wildman–Crippen MR) is 92.2 cm³/mol. The quantitative estimate of drug-likeness (QED) is 0.838. The Balaban J connectivity index is 1.83. The number of carbonyl (C=O) groups is 2. The molecule has 2 aromatic carbocycles. The molecule has 25 heavy (non-hydrogen) atoms. The average Bonchev–Trinajstić information content (AvgIpc) is 2.56. The first-order valence-corrected chi connectivity index (χ1v) is 8.01. The molecule has 2 rings (SSSR count). The highest BCUT2D eigenvalue weighted by atomic mass is 19.1. The fourth-order valence-electron chi connectivity index (χ4n) is 2.45. The molecule has 132 valence electrons. The predicted octanol–water partition coefficient (Wildman–Crippen LogP) is 3.07. The number of rotatable bonds is 7. The number of amides is 2. The largest absolute Gasteiger partial charge is 0.356 e. The van der Waals surface area contributed by atoms with E-state index in [-0.39, 0.29) is 30.6 Å². The third kappa shape index (κ3) is 5.67. The minimum Gasteiger partial charge on any atom is -0.356 e. The molecule has 0 heterocycles. The Morgan fingerprint density at radius 1 is 1.08 bits per heavy atom. The van der Waals surface area contributed by atoms with Crippen molar-refractivity contribution < 1.29 is 18.4 Å². The van der Waals surface area contributed by atoms with E-state index in [0.717, 1.165) is 0 Å². The SMILES string of the molecule is CC(=O)N(CCC(=O)NCCc1ccccc1F)c1cccc(F)c1. The van der Waals surface area contributed by atoms with Crippen LogP contribution in [0.1, 0.15) is 18.9 Å². The maximum absolute atomic E-state index is 13.5. The van der Waals surface area contributed by atoms with Crippen LogP contribution in [0.15, 0.2) is 48.5 Å². The number of benzene rings is 2. The first-order chi connectivity index (χ1) is 12.0. The minimum atomic E-state index is -0.446. The average molecular weight is 346 g/mol. The molecule has 0 saturated carbocycles. The van der Waals surface area contributed by atoms with Crippen LogP contribution >= 0.6 is 0 Å². The molecule has 0 bridgehead atoms. The number of nitrogens with zero attached hydrogens (tertiary/aromatic N) is 1. The van der Waals surface area contributed by atoms with Crippen LogP contribution in [0.3, 0.4) is 0 Å². The molecule has 2 aromatic rings. The molecule has 0 aliphatic heterocycles. The van der Waals surface area contributed by atoms with Crippen LogP contribution in [-0.4, -0.2) is 24.9 Å². The summed E-state index contributed by atoms with van der Waals surface area (Å²) in [5.41, 5.74) is 0.944. The van der Waals surface area contributed by atoms with Crippen molar-refractivity contribution in [3.63, 3.8) is 0 Å². The molecule has 0 aliphatic rings. The van der Waals surface area contributed by atoms with Gasteiger partial charge in [0.1, 0.15) is 11.6 Å². The molecule has 6 heteroatoms. The molecule has 0 unspecified atom stereocenters. The molecule has 0 fully saturated rings. The van der Waals surface area contributed by atoms with Gasteiger partial charge in [-0.2, -0.15) is 0 Å². The van der Waals surface area contributed by atoms with Crippen LogP contribution in [0.25, 0.3) is 0 Å². The lowest BCUT2D eigenvalue weighted by atomic mass is 10.1. The first-order valence-electron chi connectivity index (χ1n) is 8.01. The Morgan fingerprint density at radius 2 is 1.84 bits per heavy atom. The van der Waals surface area contributed by atoms with E-state index in [4.69, 9.17) is 0 Å². The molecule has 0 spiro atoms. The van der Waals surface area contributed by atoms with E-state index in [1.807, 2.05) is 0 Å². The normalized spacial score (nSPS) is 10.4. The number of hydrogen-bond donors (Lipinski definition) is 1. The van der Waals surface area contributed by atoms with Crippen LogP contribution in [0.4, 0.5) is 14.5 Å². The maximum atomic E-state index is 13.5. The molecular formula is C19H20F2N2O2. The summed E-state index contributed by atoms with van der Waals surface area (Å²) in [4.78, 5) is 25.0. The van der Waals surface area contributed by atoms with Gasteiger partial charge in [-0.25, -0.2) is 8.78 Å². The van der Waals surface area contributed by atoms with Gasteiger partial charge in [-0.05, 0) is 36.2 Å². The van der Waals surface area contributed by atoms with Crippen molar-refractivity contribution in [3.05, 3.63) is 65.7 Å². The Hall–Kier alpha value is -2.76. The van der Waals surface area contributed by atoms with E-state index in [9.17, 15) is 18.4 Å². The van der Waals surface area contributed by atoms with Crippen LogP contribution in [-0.2, 0) is 16.0 Å². The third-order valence-corrected chi connectivity index (χ3v) is 3.74. The van der Waals surface area contributed by atoms with E-state index >= 15 is 0 Å². The van der Waals surface area contributed by atoms with Crippen LogP contribution in [0, 0.1) is 11.6 Å². The first kappa shape index (κ1) is 18.6. The minimum absolute atomic E-state index is 0.0768. The monoisotopic (exact) mass is 346 g/mol. The van der Waals surface area contributed by atoms with E-state index in [0.29, 0.717) is 24.2 Å². The molecule has 0 saturated heterocycles. The molecule has 0 aliphatic carbocycles. The van der Waals surface area contributed by atoms with Crippen molar-refractivity contribution in [2.24, 2.45) is 0 Å². The number of nitrogens with one attached hydrogen (secondary N) is 1. The van der Waals surface area contributed by atoms with Crippen molar-refractivity contribution in [1.82, 2.24) is 5.32 Å². The van der Waals surface area contributed by atoms with E-state index in [2.05, 4.69) is 5.32 Å². The lowest BCUT2D eigenvalue weighted by Gasteiger charge is -2.21. The second-order valence-electron chi connectivity index (χ2n) is 5.59. The van der Waals surface area contributed by atoms with Crippen molar-refractivity contribution in [2.75, 3.05) is 18.0 Å². The van der Waals surface area contributed by atoms with Gasteiger partial charge in [-0.1, -0.05) is 24.3 Å². The molecule has 0 atom stereocenters. The topological polar surface area (TPSA) is 49.4 Å². The Morgan fingerprint density at radius 3 is 2.52 bits per heavy atom. The van der Waals surface area contributed by atoms with Crippen LogP contribution in [0.5, 0.6) is 0 Å². The zero-order chi connectivity index (χ0) is 18.2. The zero-order valence-electron chi connectivity index (χ0n) is 14.0. The smallest absolute Gasteiger partial charge is 0.223 e. The summed E-state index contributed by atoms with van der Waals surface area (Å²) in [6.07, 6.45) is 0.464. The summed E-state index contributed by atoms with van der Waals surface area (Å²) in [5.74, 6) is -1.27. The Bertz CT molecular complexity index is 750. The third-order valence-electron chi connectivity index (χ3n) is 3.74. The Kier molecular flexibility index (Phi) is 6.62. The fraction of sp³-hybridized carbons (Fsp3) is 0.263. The van der Waals surface area contributed by atoms with Crippen molar-refractivity contribution in [1.29, 1.82) is 0 Å². The van der Waals surface area contributed by atoms with Gasteiger partial charge >= 0.3 is 0 Å². The van der Waals surface area contributed by atoms with Gasteiger partial charge in [0.05, 0.1) is 0 Å². The molecule has 1 N–H and O–H groups in total. The maximum Gasteiger partial charge on any atom is 0.223 e. The summed E-state index contributed by atoms with van der Waals surface area (Å²) in [7, 11) is 0. The standard InChI is InChI=1S/C19H20F2N2O2/c1-14(24)23(17-7-4-6-16(20)13-17)12-10-19(25)22-11-9-15-5-2-3-8-18(15)21/h2-8,13H,9-12H2,1H3,(H,22,25). The van der Waals surface area contributed by atoms with Crippen LogP contribution < -0.4 is 10.2 Å². The number of hydrogen-bond acceptors (Lipinski definition) is 2. The molecular weight excluding hydrogens is 326 g/mol. The summed E-state index contributed by atoms with van der Waals surface area (Å²) in [6.45, 7) is 1.81. The van der Waals surface area contributed by atoms with Gasteiger partial charge in [0.15, 0.2) is 0 Å². The second-order valence-corrected chi connectivity index (χ2v) is 5.59. The number of carbonyl (C=O) groups excluding carboxylic acids is 2. The second kappa shape index (κ2) is 8.92. The number of halogens is 2. The fourth-order valence-corrected chi connectivity index (χ4v) is 2.45. The highest BCUT2D eigenvalue weighted by Crippen LogP contribution is 2.16. The van der Waals surface area contributed by atoms with Crippen molar-refractivity contribution in [2.45, 2.75) is 19.8 Å². The van der Waals surface area contributed by atoms with E-state index in [1.165, 1.54) is 36.1 Å². The molecule has 0 radical (unpaired) electrons. The summed E-state index contributed by atoms with van der Waals surface area (Å²) >= 11 is 0. The van der Waals surface area contributed by atoms with Gasteiger partial charge in [-0.3, -0.25) is 9.59 Å². The van der Waals surface area contributed by atoms with Gasteiger partial charge in [-0.15, -0.1) is 0 Å². The zero-order valence-corrected chi connectivity index (χ0v) is 14.0. The molecule has 4 nitrogen and oxygen atoms in total. The van der Waals surface area contributed by atoms with Gasteiger partial charge in [0.2, 0.25) is 11.8 Å².